The third-order valence-electron chi connectivity index (χ3n) is 5.87. The van der Waals surface area contributed by atoms with E-state index < -0.39 is 17.9 Å². The zero-order chi connectivity index (χ0) is 18.0. The van der Waals surface area contributed by atoms with Crippen LogP contribution in [0, 0.1) is 17.8 Å². The van der Waals surface area contributed by atoms with Gasteiger partial charge in [0.05, 0.1) is 5.92 Å². The number of carbonyl (C=O) groups is 4. The van der Waals surface area contributed by atoms with Crippen LogP contribution in [-0.4, -0.2) is 47.7 Å². The fraction of sp³-hybridized carbons (Fsp3) is 0.778. The molecule has 3 aliphatic rings. The summed E-state index contributed by atoms with van der Waals surface area (Å²) in [7, 11) is 0. The summed E-state index contributed by atoms with van der Waals surface area (Å²) >= 11 is 0. The van der Waals surface area contributed by atoms with E-state index in [0.717, 1.165) is 32.1 Å². The summed E-state index contributed by atoms with van der Waals surface area (Å²) in [6.45, 7) is 0.106. The van der Waals surface area contributed by atoms with E-state index in [1.165, 1.54) is 4.90 Å². The fourth-order valence-corrected chi connectivity index (χ4v) is 4.53. The maximum atomic E-state index is 12.3. The van der Waals surface area contributed by atoms with Gasteiger partial charge >= 0.3 is 5.97 Å². The van der Waals surface area contributed by atoms with Gasteiger partial charge in [-0.15, -0.1) is 0 Å². The predicted molar refractivity (Wildman–Crippen MR) is 88.1 cm³/mol. The van der Waals surface area contributed by atoms with E-state index >= 15 is 0 Å². The van der Waals surface area contributed by atoms with Gasteiger partial charge in [-0.3, -0.25) is 19.2 Å². The van der Waals surface area contributed by atoms with Crippen LogP contribution in [0.3, 0.4) is 0 Å². The Morgan fingerprint density at radius 1 is 1.04 bits per heavy atom. The number of piperidine rings is 1. The minimum Gasteiger partial charge on any atom is -0.455 e. The number of nitrogens with two attached hydrogens (primary N) is 1. The zero-order valence-corrected chi connectivity index (χ0v) is 14.4. The van der Waals surface area contributed by atoms with Gasteiger partial charge in [0.25, 0.3) is 5.91 Å². The average Bonchev–Trinajstić information content (AvgIpc) is 2.59. The third kappa shape index (κ3) is 3.85. The summed E-state index contributed by atoms with van der Waals surface area (Å²) in [5, 5.41) is 0. The Hall–Kier alpha value is -1.92. The molecule has 3 fully saturated rings. The van der Waals surface area contributed by atoms with Crippen molar-refractivity contribution in [2.24, 2.45) is 23.5 Å². The number of likely N-dealkylation sites (tertiary alicyclic amines) is 1. The Labute approximate surface area is 147 Å². The highest BCUT2D eigenvalue weighted by Crippen LogP contribution is 2.40. The predicted octanol–water partition coefficient (Wildman–Crippen LogP) is 0.791. The van der Waals surface area contributed by atoms with E-state index in [4.69, 9.17) is 10.5 Å². The van der Waals surface area contributed by atoms with Crippen molar-refractivity contribution in [3.63, 3.8) is 0 Å². The summed E-state index contributed by atoms with van der Waals surface area (Å²) in [6.07, 6.45) is 6.06. The second-order valence-electron chi connectivity index (χ2n) is 7.50. The number of carbonyl (C=O) groups excluding carboxylic acids is 4. The summed E-state index contributed by atoms with van der Waals surface area (Å²) in [5.41, 5.74) is 5.36. The van der Waals surface area contributed by atoms with Crippen molar-refractivity contribution in [2.75, 3.05) is 13.2 Å². The normalized spacial score (nSPS) is 32.2. The maximum Gasteiger partial charge on any atom is 0.309 e. The molecule has 138 valence electrons. The van der Waals surface area contributed by atoms with E-state index in [2.05, 4.69) is 0 Å². The van der Waals surface area contributed by atoms with Crippen LogP contribution in [0.2, 0.25) is 0 Å². The molecule has 0 aromatic rings. The monoisotopic (exact) mass is 350 g/mol. The molecule has 7 heteroatoms. The number of ether oxygens (including phenoxy) is 1. The molecular formula is C18H26N2O5. The minimum atomic E-state index is -0.605. The first-order valence-electron chi connectivity index (χ1n) is 9.26. The van der Waals surface area contributed by atoms with Gasteiger partial charge < -0.3 is 15.4 Å². The van der Waals surface area contributed by atoms with Gasteiger partial charge in [-0.1, -0.05) is 6.42 Å². The first kappa shape index (κ1) is 17.9. The molecule has 0 aromatic carbocycles. The largest absolute Gasteiger partial charge is 0.455 e. The second kappa shape index (κ2) is 7.54. The average molecular weight is 350 g/mol. The summed E-state index contributed by atoms with van der Waals surface area (Å²) in [6, 6.07) is -0.605. The highest BCUT2D eigenvalue weighted by Gasteiger charge is 2.42. The Kier molecular flexibility index (Phi) is 5.39. The first-order chi connectivity index (χ1) is 12.0. The van der Waals surface area contributed by atoms with Crippen LogP contribution in [0.5, 0.6) is 0 Å². The second-order valence-corrected chi connectivity index (χ2v) is 7.50. The number of primary amides is 1. The molecule has 4 atom stereocenters. The lowest BCUT2D eigenvalue weighted by Gasteiger charge is -2.36. The number of Topliss-reactive ketones (excluding diaryl/α,β-unsaturated/α-hetero) is 1. The zero-order valence-electron chi connectivity index (χ0n) is 14.4. The molecule has 0 aromatic heterocycles. The van der Waals surface area contributed by atoms with Crippen molar-refractivity contribution in [1.82, 2.24) is 4.90 Å². The van der Waals surface area contributed by atoms with E-state index in [1.54, 1.807) is 0 Å². The van der Waals surface area contributed by atoms with E-state index in [0.29, 0.717) is 31.6 Å². The quantitative estimate of drug-likeness (QED) is 0.755. The smallest absolute Gasteiger partial charge is 0.309 e. The Morgan fingerprint density at radius 3 is 2.36 bits per heavy atom. The summed E-state index contributed by atoms with van der Waals surface area (Å²) in [4.78, 5) is 49.7. The van der Waals surface area contributed by atoms with Crippen LogP contribution in [0.1, 0.15) is 51.4 Å². The first-order valence-corrected chi connectivity index (χ1v) is 9.26. The lowest BCUT2D eigenvalue weighted by Crippen LogP contribution is -2.51. The van der Waals surface area contributed by atoms with Crippen LogP contribution < -0.4 is 5.73 Å². The molecule has 1 heterocycles. The molecule has 7 nitrogen and oxygen atoms in total. The van der Waals surface area contributed by atoms with Crippen molar-refractivity contribution in [3.05, 3.63) is 0 Å². The fourth-order valence-electron chi connectivity index (χ4n) is 4.53. The SMILES string of the molecule is NC(=O)[C@@H]1CCCCN1C(=O)COC(=O)C1C[C@H]2CCC[C@@H](C1)C2=O. The number of hydrogen-bond acceptors (Lipinski definition) is 5. The number of nitrogens with zero attached hydrogens (tertiary/aromatic N) is 1. The molecule has 2 aliphatic carbocycles. The Bertz CT molecular complexity index is 560. The molecule has 2 amide bonds. The molecule has 1 aliphatic heterocycles. The Morgan fingerprint density at radius 2 is 1.72 bits per heavy atom. The van der Waals surface area contributed by atoms with Gasteiger partial charge in [0.15, 0.2) is 6.61 Å². The lowest BCUT2D eigenvalue weighted by atomic mass is 9.67. The van der Waals surface area contributed by atoms with Gasteiger partial charge in [0.1, 0.15) is 11.8 Å². The van der Waals surface area contributed by atoms with Crippen LogP contribution in [0.25, 0.3) is 0 Å². The van der Waals surface area contributed by atoms with Crippen molar-refractivity contribution in [3.8, 4) is 0 Å². The standard InChI is InChI=1S/C18H26N2O5/c19-17(23)14-6-1-2-7-20(14)15(21)10-25-18(24)13-8-11-4-3-5-12(9-13)16(11)22/h11-14H,1-10H2,(H2,19,23)/t11-,12+,13?,14-/m0/s1. The lowest BCUT2D eigenvalue weighted by molar-refractivity contribution is -0.160. The van der Waals surface area contributed by atoms with Crippen molar-refractivity contribution >= 4 is 23.6 Å². The van der Waals surface area contributed by atoms with Crippen molar-refractivity contribution in [2.45, 2.75) is 57.4 Å². The highest BCUT2D eigenvalue weighted by molar-refractivity contribution is 5.89. The molecule has 3 rings (SSSR count). The minimum absolute atomic E-state index is 0.0258. The van der Waals surface area contributed by atoms with Crippen molar-refractivity contribution < 1.29 is 23.9 Å². The van der Waals surface area contributed by atoms with Crippen LogP contribution in [0.4, 0.5) is 0 Å². The molecule has 2 bridgehead atoms. The third-order valence-corrected chi connectivity index (χ3v) is 5.87. The van der Waals surface area contributed by atoms with Gasteiger partial charge in [-0.25, -0.2) is 0 Å². The van der Waals surface area contributed by atoms with Gasteiger partial charge in [-0.05, 0) is 44.9 Å². The molecule has 1 saturated heterocycles. The van der Waals surface area contributed by atoms with Gasteiger partial charge in [0, 0.05) is 18.4 Å². The molecule has 1 unspecified atom stereocenters. The maximum absolute atomic E-state index is 12.3. The molecule has 0 spiro atoms. The van der Waals surface area contributed by atoms with Crippen LogP contribution in [0.15, 0.2) is 0 Å². The number of esters is 1. The van der Waals surface area contributed by atoms with Crippen LogP contribution in [-0.2, 0) is 23.9 Å². The molecule has 0 radical (unpaired) electrons. The highest BCUT2D eigenvalue weighted by atomic mass is 16.5. The number of hydrogen-bond donors (Lipinski definition) is 1. The number of fused-ring (bicyclic) bond motifs is 2. The number of rotatable bonds is 4. The number of amides is 2. The van der Waals surface area contributed by atoms with Gasteiger partial charge in [0.2, 0.25) is 5.91 Å². The molecule has 25 heavy (non-hydrogen) atoms. The topological polar surface area (TPSA) is 107 Å². The number of ketones is 1. The van der Waals surface area contributed by atoms with Gasteiger partial charge in [-0.2, -0.15) is 0 Å². The molecule has 2 N–H and O–H groups in total. The van der Waals surface area contributed by atoms with Crippen LogP contribution >= 0.6 is 0 Å². The summed E-state index contributed by atoms with van der Waals surface area (Å²) < 4.78 is 5.23. The van der Waals surface area contributed by atoms with E-state index in [-0.39, 0.29) is 30.3 Å². The van der Waals surface area contributed by atoms with Crippen molar-refractivity contribution in [1.29, 1.82) is 0 Å². The van der Waals surface area contributed by atoms with E-state index in [1.807, 2.05) is 0 Å². The van der Waals surface area contributed by atoms with E-state index in [9.17, 15) is 19.2 Å². The summed E-state index contributed by atoms with van der Waals surface area (Å²) in [5.74, 6) is -1.34. The Balaban J connectivity index is 1.52. The molecule has 2 saturated carbocycles. The molecular weight excluding hydrogens is 324 g/mol.